The maximum Gasteiger partial charge on any atom is 0.321 e. The normalized spacial score (nSPS) is 12.0. The van der Waals surface area contributed by atoms with Crippen LogP contribution in [0, 0.1) is 0 Å². The molecule has 1 aromatic carbocycles. The van der Waals surface area contributed by atoms with Crippen LogP contribution in [0.2, 0.25) is 0 Å². The quantitative estimate of drug-likeness (QED) is 0.555. The van der Waals surface area contributed by atoms with Crippen LogP contribution >= 0.6 is 0 Å². The first-order valence-corrected chi connectivity index (χ1v) is 11.8. The van der Waals surface area contributed by atoms with Gasteiger partial charge in [-0.25, -0.2) is 21.6 Å². The average molecular weight is 423 g/mol. The average Bonchev–Trinajstić information content (AvgIpc) is 2.60. The highest BCUT2D eigenvalue weighted by molar-refractivity contribution is 7.94. The van der Waals surface area contributed by atoms with Crippen molar-refractivity contribution in [3.8, 4) is 0 Å². The summed E-state index contributed by atoms with van der Waals surface area (Å²) in [6.07, 6.45) is 0.986. The fourth-order valence-corrected chi connectivity index (χ4v) is 4.92. The van der Waals surface area contributed by atoms with Crippen LogP contribution in [-0.2, 0) is 29.1 Å². The van der Waals surface area contributed by atoms with Crippen molar-refractivity contribution in [2.45, 2.75) is 4.90 Å². The minimum atomic E-state index is -3.71. The molecule has 0 saturated carbocycles. The molecule has 9 nitrogen and oxygen atoms in total. The molecule has 27 heavy (non-hydrogen) atoms. The van der Waals surface area contributed by atoms with Crippen LogP contribution in [0.3, 0.4) is 0 Å². The van der Waals surface area contributed by atoms with Gasteiger partial charge in [0.2, 0.25) is 0 Å². The van der Waals surface area contributed by atoms with Crippen molar-refractivity contribution in [3.05, 3.63) is 24.3 Å². The van der Waals surface area contributed by atoms with Crippen LogP contribution < -0.4 is 5.32 Å². The maximum atomic E-state index is 12.3. The molecule has 0 aliphatic rings. The lowest BCUT2D eigenvalue weighted by atomic mass is 10.3. The topological polar surface area (TPSA) is 119 Å². The Morgan fingerprint density at radius 1 is 0.963 bits per heavy atom. The van der Waals surface area contributed by atoms with Gasteiger partial charge in [-0.05, 0) is 24.3 Å². The number of anilines is 1. The Kier molecular flexibility index (Phi) is 9.16. The Morgan fingerprint density at radius 2 is 1.48 bits per heavy atom. The molecule has 1 N–H and O–H groups in total. The monoisotopic (exact) mass is 422 g/mol. The maximum absolute atomic E-state index is 12.3. The summed E-state index contributed by atoms with van der Waals surface area (Å²) in [6.45, 7) is 1.50. The molecule has 0 unspecified atom stereocenters. The predicted molar refractivity (Wildman–Crippen MR) is 103 cm³/mol. The summed E-state index contributed by atoms with van der Waals surface area (Å²) in [5, 5.41) is 2.68. The standard InChI is InChI=1S/C16H26N2O7S2/c1-24-10-8-18(9-11-25-2)16(19)17-14-4-6-15(7-5-14)27(22,23)13-12-26(3,20)21/h4-7H,8-13H2,1-3H3,(H,17,19). The number of ether oxygens (including phenoxy) is 2. The third-order valence-electron chi connectivity index (χ3n) is 3.61. The van der Waals surface area contributed by atoms with Crippen molar-refractivity contribution in [2.24, 2.45) is 0 Å². The number of amides is 2. The minimum absolute atomic E-state index is 0.000212. The van der Waals surface area contributed by atoms with Gasteiger partial charge in [-0.3, -0.25) is 0 Å². The van der Waals surface area contributed by atoms with Crippen LogP contribution in [-0.4, -0.2) is 86.1 Å². The van der Waals surface area contributed by atoms with Crippen molar-refractivity contribution >= 4 is 31.4 Å². The second-order valence-corrected chi connectivity index (χ2v) is 10.2. The molecule has 2 amide bonds. The highest BCUT2D eigenvalue weighted by Gasteiger charge is 2.18. The van der Waals surface area contributed by atoms with E-state index in [4.69, 9.17) is 9.47 Å². The van der Waals surface area contributed by atoms with Crippen molar-refractivity contribution < 1.29 is 31.1 Å². The molecule has 0 aliphatic carbocycles. The van der Waals surface area contributed by atoms with Crippen molar-refractivity contribution in [2.75, 3.05) is 63.6 Å². The summed E-state index contributed by atoms with van der Waals surface area (Å²) in [5.41, 5.74) is 0.418. The number of rotatable bonds is 11. The summed E-state index contributed by atoms with van der Waals surface area (Å²) < 4.78 is 56.6. The van der Waals surface area contributed by atoms with Gasteiger partial charge in [0.1, 0.15) is 9.84 Å². The van der Waals surface area contributed by atoms with E-state index >= 15 is 0 Å². The first-order valence-electron chi connectivity index (χ1n) is 8.13. The van der Waals surface area contributed by atoms with E-state index in [-0.39, 0.29) is 10.9 Å². The number of hydrogen-bond acceptors (Lipinski definition) is 7. The summed E-state index contributed by atoms with van der Waals surface area (Å²) in [5.74, 6) is -0.929. The summed E-state index contributed by atoms with van der Waals surface area (Å²) in [6, 6.07) is 5.22. The van der Waals surface area contributed by atoms with E-state index in [9.17, 15) is 21.6 Å². The van der Waals surface area contributed by atoms with Crippen molar-refractivity contribution in [3.63, 3.8) is 0 Å². The van der Waals surface area contributed by atoms with Crippen LogP contribution in [0.4, 0.5) is 10.5 Å². The van der Waals surface area contributed by atoms with E-state index in [0.29, 0.717) is 32.0 Å². The van der Waals surface area contributed by atoms with E-state index < -0.39 is 31.2 Å². The minimum Gasteiger partial charge on any atom is -0.383 e. The smallest absolute Gasteiger partial charge is 0.321 e. The summed E-state index contributed by atoms with van der Waals surface area (Å²) in [7, 11) is -4.02. The van der Waals surface area contributed by atoms with E-state index in [1.54, 1.807) is 0 Å². The number of nitrogens with one attached hydrogen (secondary N) is 1. The first kappa shape index (κ1) is 23.3. The number of carbonyl (C=O) groups is 1. The van der Waals surface area contributed by atoms with Crippen molar-refractivity contribution in [1.82, 2.24) is 4.90 Å². The highest BCUT2D eigenvalue weighted by Crippen LogP contribution is 2.16. The van der Waals surface area contributed by atoms with Crippen molar-refractivity contribution in [1.29, 1.82) is 0 Å². The molecule has 0 saturated heterocycles. The second-order valence-electron chi connectivity index (χ2n) is 5.88. The Balaban J connectivity index is 2.78. The Labute approximate surface area is 160 Å². The lowest BCUT2D eigenvalue weighted by Crippen LogP contribution is -2.39. The van der Waals surface area contributed by atoms with Gasteiger partial charge in [-0.15, -0.1) is 0 Å². The van der Waals surface area contributed by atoms with Gasteiger partial charge in [0.15, 0.2) is 9.84 Å². The lowest BCUT2D eigenvalue weighted by molar-refractivity contribution is 0.127. The zero-order valence-electron chi connectivity index (χ0n) is 15.7. The molecule has 0 spiro atoms. The number of sulfone groups is 2. The summed E-state index contributed by atoms with van der Waals surface area (Å²) >= 11 is 0. The largest absolute Gasteiger partial charge is 0.383 e. The van der Waals surface area contributed by atoms with Crippen LogP contribution in [0.5, 0.6) is 0 Å². The molecule has 0 heterocycles. The third-order valence-corrected chi connectivity index (χ3v) is 6.54. The van der Waals surface area contributed by atoms with Gasteiger partial charge >= 0.3 is 6.03 Å². The fraction of sp³-hybridized carbons (Fsp3) is 0.562. The molecule has 0 bridgehead atoms. The molecule has 0 aromatic heterocycles. The molecule has 0 atom stereocenters. The van der Waals surface area contributed by atoms with Gasteiger partial charge in [0.05, 0.1) is 29.6 Å². The number of urea groups is 1. The molecule has 0 fully saturated rings. The third kappa shape index (κ3) is 8.69. The molecule has 11 heteroatoms. The molecular formula is C16H26N2O7S2. The Bertz CT molecular complexity index is 798. The molecule has 154 valence electrons. The molecule has 0 aliphatic heterocycles. The lowest BCUT2D eigenvalue weighted by Gasteiger charge is -2.22. The van der Waals surface area contributed by atoms with E-state index in [2.05, 4.69) is 5.32 Å². The number of benzene rings is 1. The van der Waals surface area contributed by atoms with Gasteiger partial charge in [-0.2, -0.15) is 0 Å². The second kappa shape index (κ2) is 10.6. The SMILES string of the molecule is COCCN(CCOC)C(=O)Nc1ccc(S(=O)(=O)CCS(C)(=O)=O)cc1. The molecule has 1 rings (SSSR count). The van der Waals surface area contributed by atoms with E-state index in [0.717, 1.165) is 6.26 Å². The van der Waals surface area contributed by atoms with Gasteiger partial charge in [0.25, 0.3) is 0 Å². The van der Waals surface area contributed by atoms with Crippen LogP contribution in [0.25, 0.3) is 0 Å². The summed E-state index contributed by atoms with van der Waals surface area (Å²) in [4.78, 5) is 13.9. The predicted octanol–water partition coefficient (Wildman–Crippen LogP) is 0.632. The molecule has 1 aromatic rings. The number of nitrogens with zero attached hydrogens (tertiary/aromatic N) is 1. The van der Waals surface area contributed by atoms with Gasteiger partial charge in [0, 0.05) is 39.3 Å². The zero-order valence-corrected chi connectivity index (χ0v) is 17.3. The van der Waals surface area contributed by atoms with Crippen LogP contribution in [0.1, 0.15) is 0 Å². The fourth-order valence-electron chi connectivity index (χ4n) is 2.04. The molecular weight excluding hydrogens is 396 g/mol. The Morgan fingerprint density at radius 3 is 1.93 bits per heavy atom. The zero-order chi connectivity index (χ0) is 20.5. The van der Waals surface area contributed by atoms with Crippen LogP contribution in [0.15, 0.2) is 29.2 Å². The number of methoxy groups -OCH3 is 2. The molecule has 0 radical (unpaired) electrons. The highest BCUT2D eigenvalue weighted by atomic mass is 32.2. The van der Waals surface area contributed by atoms with Gasteiger partial charge < -0.3 is 19.7 Å². The van der Waals surface area contributed by atoms with E-state index in [1.165, 1.54) is 43.4 Å². The number of hydrogen-bond donors (Lipinski definition) is 1. The number of carbonyl (C=O) groups excluding carboxylic acids is 1. The Hall–Kier alpha value is -1.69. The van der Waals surface area contributed by atoms with E-state index in [1.807, 2.05) is 0 Å². The van der Waals surface area contributed by atoms with Gasteiger partial charge in [-0.1, -0.05) is 0 Å². The first-order chi connectivity index (χ1) is 12.6.